The minimum Gasteiger partial charge on any atom is -0.289 e. The van der Waals surface area contributed by atoms with Crippen molar-refractivity contribution < 1.29 is 4.79 Å². The number of H-pyrrole nitrogens is 1. The number of nitrogens with zero attached hydrogens (tertiary/aromatic N) is 4. The molecule has 1 amide bonds. The first-order valence-electron chi connectivity index (χ1n) is 5.84. The number of fused-ring (bicyclic) bond motifs is 1. The smallest absolute Gasteiger partial charge is 0.258 e. The lowest BCUT2D eigenvalue weighted by molar-refractivity contribution is -0.111. The van der Waals surface area contributed by atoms with Gasteiger partial charge in [-0.2, -0.15) is 0 Å². The number of hydrogen-bond donors (Lipinski definition) is 2. The molecule has 2 N–H and O–H groups in total. The summed E-state index contributed by atoms with van der Waals surface area (Å²) in [4.78, 5) is 16.4. The van der Waals surface area contributed by atoms with Crippen LogP contribution in [0.5, 0.6) is 0 Å². The minimum absolute atomic E-state index is 0.175. The summed E-state index contributed by atoms with van der Waals surface area (Å²) in [7, 11) is 0. The number of tetrazole rings is 1. The van der Waals surface area contributed by atoms with Crippen molar-refractivity contribution in [2.45, 2.75) is 0 Å². The van der Waals surface area contributed by atoms with E-state index in [1.807, 2.05) is 24.3 Å². The summed E-state index contributed by atoms with van der Waals surface area (Å²) in [6, 6.07) is 9.31. The quantitative estimate of drug-likeness (QED) is 0.698. The maximum absolute atomic E-state index is 12.1. The molecule has 0 spiro atoms. The highest BCUT2D eigenvalue weighted by Crippen LogP contribution is 2.23. The molecule has 0 aliphatic heterocycles. The van der Waals surface area contributed by atoms with E-state index in [0.717, 1.165) is 16.5 Å². The van der Waals surface area contributed by atoms with Crippen LogP contribution in [0, 0.1) is 0 Å². The highest BCUT2D eigenvalue weighted by molar-refractivity contribution is 6.26. The number of aromatic amines is 1. The Morgan fingerprint density at radius 2 is 2.10 bits per heavy atom. The van der Waals surface area contributed by atoms with Crippen molar-refractivity contribution in [2.24, 2.45) is 0 Å². The van der Waals surface area contributed by atoms with Gasteiger partial charge in [-0.05, 0) is 28.1 Å². The van der Waals surface area contributed by atoms with Gasteiger partial charge < -0.3 is 0 Å². The van der Waals surface area contributed by atoms with E-state index in [9.17, 15) is 4.79 Å². The molecule has 7 nitrogen and oxygen atoms in total. The predicted octanol–water partition coefficient (Wildman–Crippen LogP) is 1.40. The van der Waals surface area contributed by atoms with E-state index >= 15 is 0 Å². The van der Waals surface area contributed by atoms with Gasteiger partial charge in [0.15, 0.2) is 0 Å². The molecule has 7 heteroatoms. The van der Waals surface area contributed by atoms with Gasteiger partial charge >= 0.3 is 0 Å². The summed E-state index contributed by atoms with van der Waals surface area (Å²) in [5, 5.41) is 16.2. The summed E-state index contributed by atoms with van der Waals surface area (Å²) in [5.41, 5.74) is 1.85. The standard InChI is InChI=1S/C13H10N6O/c1-8(12(20)15-13-16-18-19-17-13)9-6-7-14-11-5-3-2-4-10(9)11/h2-7H,1H2,(H2,15,16,17,18,19,20). The highest BCUT2D eigenvalue weighted by atomic mass is 16.1. The van der Waals surface area contributed by atoms with Crippen LogP contribution in [0.25, 0.3) is 16.5 Å². The molecule has 2 aromatic heterocycles. The first-order chi connectivity index (χ1) is 9.75. The number of nitrogens with one attached hydrogen (secondary N) is 2. The molecule has 0 radical (unpaired) electrons. The summed E-state index contributed by atoms with van der Waals surface area (Å²) in [6.45, 7) is 3.83. The predicted molar refractivity (Wildman–Crippen MR) is 73.6 cm³/mol. The molecule has 3 aromatic rings. The Morgan fingerprint density at radius 3 is 2.90 bits per heavy atom. The third-order valence-corrected chi connectivity index (χ3v) is 2.83. The Hall–Kier alpha value is -3.09. The average molecular weight is 266 g/mol. The van der Waals surface area contributed by atoms with Gasteiger partial charge in [0.25, 0.3) is 5.91 Å². The zero-order chi connectivity index (χ0) is 13.9. The van der Waals surface area contributed by atoms with Gasteiger partial charge in [-0.3, -0.25) is 15.1 Å². The third kappa shape index (κ3) is 2.12. The molecule has 0 saturated heterocycles. The SMILES string of the molecule is C=C(C(=O)Nc1nnn[nH]1)c1ccnc2ccccc12. The Bertz CT molecular complexity index is 775. The number of carbonyl (C=O) groups is 1. The molecule has 0 fully saturated rings. The van der Waals surface area contributed by atoms with Crippen molar-refractivity contribution in [1.82, 2.24) is 25.6 Å². The fourth-order valence-corrected chi connectivity index (χ4v) is 1.88. The number of anilines is 1. The van der Waals surface area contributed by atoms with Crippen molar-refractivity contribution in [3.8, 4) is 0 Å². The van der Waals surface area contributed by atoms with Gasteiger partial charge in [0.2, 0.25) is 5.95 Å². The van der Waals surface area contributed by atoms with Gasteiger partial charge in [0, 0.05) is 17.2 Å². The topological polar surface area (TPSA) is 96.5 Å². The molecule has 0 unspecified atom stereocenters. The number of rotatable bonds is 3. The maximum atomic E-state index is 12.1. The van der Waals surface area contributed by atoms with Crippen LogP contribution < -0.4 is 5.32 Å². The molecular formula is C13H10N6O. The number of amides is 1. The van der Waals surface area contributed by atoms with Gasteiger partial charge in [-0.1, -0.05) is 29.9 Å². The lowest BCUT2D eigenvalue weighted by atomic mass is 10.0. The van der Waals surface area contributed by atoms with Crippen molar-refractivity contribution >= 4 is 28.3 Å². The average Bonchev–Trinajstić information content (AvgIpc) is 2.99. The molecule has 2 heterocycles. The molecule has 0 aliphatic rings. The summed E-state index contributed by atoms with van der Waals surface area (Å²) in [6.07, 6.45) is 1.64. The lowest BCUT2D eigenvalue weighted by Gasteiger charge is -2.08. The van der Waals surface area contributed by atoms with Crippen LogP contribution in [0.15, 0.2) is 43.1 Å². The van der Waals surface area contributed by atoms with Gasteiger partial charge in [-0.15, -0.1) is 0 Å². The zero-order valence-electron chi connectivity index (χ0n) is 10.4. The van der Waals surface area contributed by atoms with Crippen molar-refractivity contribution in [3.63, 3.8) is 0 Å². The van der Waals surface area contributed by atoms with Crippen molar-refractivity contribution in [3.05, 3.63) is 48.7 Å². The Labute approximate surface area is 113 Å². The van der Waals surface area contributed by atoms with E-state index in [1.165, 1.54) is 0 Å². The van der Waals surface area contributed by atoms with Crippen LogP contribution in [-0.2, 0) is 4.79 Å². The van der Waals surface area contributed by atoms with Crippen LogP contribution in [0.1, 0.15) is 5.56 Å². The fraction of sp³-hybridized carbons (Fsp3) is 0. The molecule has 98 valence electrons. The summed E-state index contributed by atoms with van der Waals surface area (Å²) in [5.74, 6) is -0.200. The number of para-hydroxylation sites is 1. The second-order valence-corrected chi connectivity index (χ2v) is 4.06. The van der Waals surface area contributed by atoms with Gasteiger partial charge in [0.1, 0.15) is 0 Å². The number of benzene rings is 1. The van der Waals surface area contributed by atoms with E-state index in [2.05, 4.69) is 37.5 Å². The number of aromatic nitrogens is 5. The first kappa shape index (κ1) is 12.0. The van der Waals surface area contributed by atoms with E-state index in [-0.39, 0.29) is 11.9 Å². The number of carbonyl (C=O) groups excluding carboxylic acids is 1. The third-order valence-electron chi connectivity index (χ3n) is 2.83. The van der Waals surface area contributed by atoms with Crippen LogP contribution in [0.3, 0.4) is 0 Å². The maximum Gasteiger partial charge on any atom is 0.258 e. The Morgan fingerprint density at radius 1 is 1.25 bits per heavy atom. The Balaban J connectivity index is 1.94. The Kier molecular flexibility index (Phi) is 2.92. The minimum atomic E-state index is -0.375. The molecule has 0 aliphatic carbocycles. The van der Waals surface area contributed by atoms with E-state index in [1.54, 1.807) is 12.3 Å². The summed E-state index contributed by atoms with van der Waals surface area (Å²) >= 11 is 0. The van der Waals surface area contributed by atoms with Crippen LogP contribution >= 0.6 is 0 Å². The second-order valence-electron chi connectivity index (χ2n) is 4.06. The van der Waals surface area contributed by atoms with E-state index in [4.69, 9.17) is 0 Å². The van der Waals surface area contributed by atoms with Crippen LogP contribution in [-0.4, -0.2) is 31.5 Å². The van der Waals surface area contributed by atoms with Crippen molar-refractivity contribution in [2.75, 3.05) is 5.32 Å². The van der Waals surface area contributed by atoms with Gasteiger partial charge in [-0.25, -0.2) is 5.10 Å². The normalized spacial score (nSPS) is 10.4. The lowest BCUT2D eigenvalue weighted by Crippen LogP contribution is -2.14. The molecule has 0 saturated carbocycles. The van der Waals surface area contributed by atoms with Gasteiger partial charge in [0.05, 0.1) is 5.52 Å². The number of hydrogen-bond acceptors (Lipinski definition) is 5. The number of pyridine rings is 1. The largest absolute Gasteiger partial charge is 0.289 e. The van der Waals surface area contributed by atoms with E-state index < -0.39 is 0 Å². The molecular weight excluding hydrogens is 256 g/mol. The molecule has 1 aromatic carbocycles. The fourth-order valence-electron chi connectivity index (χ4n) is 1.88. The monoisotopic (exact) mass is 266 g/mol. The molecule has 0 bridgehead atoms. The second kappa shape index (κ2) is 4.88. The van der Waals surface area contributed by atoms with E-state index in [0.29, 0.717) is 5.57 Å². The summed E-state index contributed by atoms with van der Waals surface area (Å²) < 4.78 is 0. The van der Waals surface area contributed by atoms with Crippen LogP contribution in [0.4, 0.5) is 5.95 Å². The molecule has 3 rings (SSSR count). The van der Waals surface area contributed by atoms with Crippen molar-refractivity contribution in [1.29, 1.82) is 0 Å². The first-order valence-corrected chi connectivity index (χ1v) is 5.84. The zero-order valence-corrected chi connectivity index (χ0v) is 10.4. The molecule has 20 heavy (non-hydrogen) atoms. The van der Waals surface area contributed by atoms with Crippen LogP contribution in [0.2, 0.25) is 0 Å². The molecule has 0 atom stereocenters. The highest BCUT2D eigenvalue weighted by Gasteiger charge is 2.14.